The molecular weight excluding hydrogens is 560 g/mol. The molecule has 41 heavy (non-hydrogen) atoms. The van der Waals surface area contributed by atoms with E-state index in [-0.39, 0.29) is 27.6 Å². The molecule has 0 radical (unpaired) electrons. The Balaban J connectivity index is 1.31. The summed E-state index contributed by atoms with van der Waals surface area (Å²) in [6.45, 7) is 1.88. The number of hydrogen-bond acceptors (Lipinski definition) is 9. The van der Waals surface area contributed by atoms with Crippen LogP contribution in [0.5, 0.6) is 11.6 Å². The number of anilines is 1. The number of nitrogens with zero attached hydrogens (tertiary/aromatic N) is 4. The van der Waals surface area contributed by atoms with Crippen LogP contribution in [0.1, 0.15) is 18.4 Å². The summed E-state index contributed by atoms with van der Waals surface area (Å²) in [5.41, 5.74) is 1.67. The minimum Gasteiger partial charge on any atom is -0.436 e. The maximum atomic E-state index is 13.2. The Bertz CT molecular complexity index is 1810. The number of halogens is 1. The van der Waals surface area contributed by atoms with Crippen LogP contribution in [-0.4, -0.2) is 47.5 Å². The van der Waals surface area contributed by atoms with Crippen molar-refractivity contribution >= 4 is 38.2 Å². The molecular formula is C30H27ClN6O3S. The molecule has 3 heterocycles. The molecule has 9 nitrogen and oxygen atoms in total. The predicted molar refractivity (Wildman–Crippen MR) is 159 cm³/mol. The molecule has 1 saturated heterocycles. The van der Waals surface area contributed by atoms with E-state index >= 15 is 0 Å². The third kappa shape index (κ3) is 6.00. The first-order valence-corrected chi connectivity index (χ1v) is 15.3. The van der Waals surface area contributed by atoms with Crippen molar-refractivity contribution in [3.63, 3.8) is 0 Å². The number of ether oxygens (including phenoxy) is 1. The lowest BCUT2D eigenvalue weighted by atomic mass is 10.0. The van der Waals surface area contributed by atoms with Gasteiger partial charge in [0.25, 0.3) is 0 Å². The topological polar surface area (TPSA) is 119 Å². The summed E-state index contributed by atoms with van der Waals surface area (Å²) >= 11 is 6.20. The van der Waals surface area contributed by atoms with Gasteiger partial charge in [0.1, 0.15) is 5.75 Å². The Hall–Kier alpha value is -4.12. The van der Waals surface area contributed by atoms with Crippen molar-refractivity contribution < 1.29 is 13.2 Å². The van der Waals surface area contributed by atoms with Crippen LogP contribution in [0.15, 0.2) is 90.2 Å². The van der Waals surface area contributed by atoms with E-state index in [1.165, 1.54) is 6.07 Å². The Kier molecular flexibility index (Phi) is 7.78. The molecule has 5 aromatic rings. The zero-order chi connectivity index (χ0) is 28.2. The van der Waals surface area contributed by atoms with E-state index in [2.05, 4.69) is 30.6 Å². The summed E-state index contributed by atoms with van der Waals surface area (Å²) in [5.74, 6) is 1.10. The number of nitrogens with one attached hydrogen (secondary N) is 2. The van der Waals surface area contributed by atoms with Crippen LogP contribution in [0.2, 0.25) is 5.02 Å². The van der Waals surface area contributed by atoms with Crippen LogP contribution < -0.4 is 15.4 Å². The highest BCUT2D eigenvalue weighted by Crippen LogP contribution is 2.36. The first kappa shape index (κ1) is 27.1. The second kappa shape index (κ2) is 11.8. The van der Waals surface area contributed by atoms with Gasteiger partial charge in [0.05, 0.1) is 21.4 Å². The van der Waals surface area contributed by atoms with E-state index in [0.717, 1.165) is 36.7 Å². The predicted octanol–water partition coefficient (Wildman–Crippen LogP) is 5.67. The summed E-state index contributed by atoms with van der Waals surface area (Å²) in [6, 6.07) is 19.5. The number of rotatable bonds is 8. The van der Waals surface area contributed by atoms with Crippen molar-refractivity contribution in [1.82, 2.24) is 25.3 Å². The number of hydrogen-bond donors (Lipinski definition) is 2. The van der Waals surface area contributed by atoms with Crippen LogP contribution in [0, 0.1) is 0 Å². The molecule has 1 atom stereocenters. The molecule has 208 valence electrons. The molecule has 1 aliphatic rings. The lowest BCUT2D eigenvalue weighted by molar-refractivity contribution is 0.467. The SMILES string of the molecule is O=S(=O)(Cc1ccc(Oc2nccnc2-c2ccnc(N[C@H]3CCCNC3)n2)c2ccccc12)c1ccccc1Cl. The maximum Gasteiger partial charge on any atom is 0.247 e. The van der Waals surface area contributed by atoms with Gasteiger partial charge < -0.3 is 15.4 Å². The van der Waals surface area contributed by atoms with Gasteiger partial charge in [0, 0.05) is 36.6 Å². The molecule has 11 heteroatoms. The number of benzene rings is 3. The number of piperidine rings is 1. The average Bonchev–Trinajstić information content (AvgIpc) is 2.99. The Morgan fingerprint density at radius 1 is 0.927 bits per heavy atom. The lowest BCUT2D eigenvalue weighted by Crippen LogP contribution is -2.38. The molecule has 6 rings (SSSR count). The van der Waals surface area contributed by atoms with Gasteiger partial charge in [-0.2, -0.15) is 0 Å². The van der Waals surface area contributed by atoms with Crippen LogP contribution in [0.3, 0.4) is 0 Å². The fourth-order valence-corrected chi connectivity index (χ4v) is 6.88. The van der Waals surface area contributed by atoms with Gasteiger partial charge in [-0.05, 0) is 54.6 Å². The maximum absolute atomic E-state index is 13.2. The molecule has 0 saturated carbocycles. The second-order valence-corrected chi connectivity index (χ2v) is 12.1. The van der Waals surface area contributed by atoms with Crippen LogP contribution >= 0.6 is 11.6 Å². The molecule has 0 aliphatic carbocycles. The van der Waals surface area contributed by atoms with E-state index in [4.69, 9.17) is 16.3 Å². The highest BCUT2D eigenvalue weighted by molar-refractivity contribution is 7.90. The van der Waals surface area contributed by atoms with Crippen molar-refractivity contribution in [2.45, 2.75) is 29.5 Å². The fourth-order valence-electron chi connectivity index (χ4n) is 4.93. The smallest absolute Gasteiger partial charge is 0.247 e. The summed E-state index contributed by atoms with van der Waals surface area (Å²) in [6.07, 6.45) is 6.97. The third-order valence-electron chi connectivity index (χ3n) is 6.89. The Morgan fingerprint density at radius 3 is 2.56 bits per heavy atom. The molecule has 2 N–H and O–H groups in total. The molecule has 3 aromatic carbocycles. The number of fused-ring (bicyclic) bond motifs is 1. The fraction of sp³-hybridized carbons (Fsp3) is 0.200. The number of sulfone groups is 1. The molecule has 1 fully saturated rings. The molecule has 1 aliphatic heterocycles. The Labute approximate surface area is 242 Å². The lowest BCUT2D eigenvalue weighted by Gasteiger charge is -2.23. The summed E-state index contributed by atoms with van der Waals surface area (Å²) in [7, 11) is -3.68. The highest BCUT2D eigenvalue weighted by Gasteiger charge is 2.21. The van der Waals surface area contributed by atoms with Gasteiger partial charge in [0.15, 0.2) is 15.5 Å². The van der Waals surface area contributed by atoms with E-state index in [9.17, 15) is 8.42 Å². The van der Waals surface area contributed by atoms with Crippen LogP contribution in [0.4, 0.5) is 5.95 Å². The molecule has 0 bridgehead atoms. The van der Waals surface area contributed by atoms with Crippen molar-refractivity contribution in [1.29, 1.82) is 0 Å². The van der Waals surface area contributed by atoms with Crippen LogP contribution in [0.25, 0.3) is 22.2 Å². The Morgan fingerprint density at radius 2 is 1.73 bits per heavy atom. The summed E-state index contributed by atoms with van der Waals surface area (Å²) < 4.78 is 32.8. The minimum absolute atomic E-state index is 0.105. The molecule has 0 spiro atoms. The van der Waals surface area contributed by atoms with E-state index in [0.29, 0.717) is 28.6 Å². The van der Waals surface area contributed by atoms with Crippen molar-refractivity contribution in [3.8, 4) is 23.0 Å². The first-order chi connectivity index (χ1) is 20.0. The largest absolute Gasteiger partial charge is 0.436 e. The quantitative estimate of drug-likeness (QED) is 0.237. The first-order valence-electron chi connectivity index (χ1n) is 13.3. The van der Waals surface area contributed by atoms with Crippen molar-refractivity contribution in [2.24, 2.45) is 0 Å². The highest BCUT2D eigenvalue weighted by atomic mass is 35.5. The minimum atomic E-state index is -3.68. The molecule has 0 amide bonds. The average molecular weight is 587 g/mol. The van der Waals surface area contributed by atoms with Gasteiger partial charge in [-0.1, -0.05) is 54.1 Å². The number of aromatic nitrogens is 4. The molecule has 2 aromatic heterocycles. The van der Waals surface area contributed by atoms with Gasteiger partial charge >= 0.3 is 0 Å². The van der Waals surface area contributed by atoms with Crippen molar-refractivity contribution in [2.75, 3.05) is 18.4 Å². The van der Waals surface area contributed by atoms with Crippen LogP contribution in [-0.2, 0) is 15.6 Å². The van der Waals surface area contributed by atoms with E-state index in [1.54, 1.807) is 55.0 Å². The monoisotopic (exact) mass is 586 g/mol. The zero-order valence-corrected chi connectivity index (χ0v) is 23.6. The van der Waals surface area contributed by atoms with Gasteiger partial charge in [-0.3, -0.25) is 0 Å². The van der Waals surface area contributed by atoms with E-state index < -0.39 is 9.84 Å². The van der Waals surface area contributed by atoms with Gasteiger partial charge in [0.2, 0.25) is 11.8 Å². The van der Waals surface area contributed by atoms with Gasteiger partial charge in [-0.25, -0.2) is 28.4 Å². The zero-order valence-electron chi connectivity index (χ0n) is 22.0. The summed E-state index contributed by atoms with van der Waals surface area (Å²) in [5, 5.41) is 8.46. The standard InChI is InChI=1S/C30H27ClN6O3S/c31-24-9-3-4-10-27(24)41(38,39)19-20-11-12-26(23-8-2-1-7-22(20)23)40-29-28(33-16-17-34-29)25-13-15-35-30(37-25)36-21-6-5-14-32-18-21/h1-4,7-13,15-17,21,32H,5-6,14,18-19H2,(H,35,36,37)/t21-/m0/s1. The second-order valence-electron chi connectivity index (χ2n) is 9.72. The van der Waals surface area contributed by atoms with E-state index in [1.807, 2.05) is 24.3 Å². The normalized spacial score (nSPS) is 15.5. The summed E-state index contributed by atoms with van der Waals surface area (Å²) in [4.78, 5) is 18.1. The van der Waals surface area contributed by atoms with Gasteiger partial charge in [-0.15, -0.1) is 0 Å². The molecule has 0 unspecified atom stereocenters. The third-order valence-corrected chi connectivity index (χ3v) is 9.05. The van der Waals surface area contributed by atoms with Crippen molar-refractivity contribution in [3.05, 3.63) is 95.9 Å².